The van der Waals surface area contributed by atoms with Crippen LogP contribution in [0.4, 0.5) is 11.5 Å². The number of anilines is 2. The summed E-state index contributed by atoms with van der Waals surface area (Å²) in [6.45, 7) is 1.95. The monoisotopic (exact) mass is 305 g/mol. The number of carbonyl (C=O) groups is 1. The van der Waals surface area contributed by atoms with E-state index in [-0.39, 0.29) is 17.3 Å². The highest BCUT2D eigenvalue weighted by Crippen LogP contribution is 2.32. The minimum absolute atomic E-state index is 0.0400. The van der Waals surface area contributed by atoms with Crippen molar-refractivity contribution in [2.45, 2.75) is 13.0 Å². The Kier molecular flexibility index (Phi) is 4.33. The Morgan fingerprint density at radius 2 is 2.05 bits per heavy atom. The number of halogens is 1. The largest absolute Gasteiger partial charge is 0.478 e. The second-order valence-corrected chi connectivity index (χ2v) is 5.12. The second kappa shape index (κ2) is 6.01. The Morgan fingerprint density at radius 1 is 1.38 bits per heavy atom. The molecule has 0 aliphatic heterocycles. The van der Waals surface area contributed by atoms with Crippen molar-refractivity contribution in [3.63, 3.8) is 0 Å². The number of aromatic nitrogens is 1. The van der Waals surface area contributed by atoms with Crippen LogP contribution in [0.5, 0.6) is 0 Å². The van der Waals surface area contributed by atoms with E-state index < -0.39 is 5.97 Å². The second-order valence-electron chi connectivity index (χ2n) is 4.71. The molecule has 21 heavy (non-hydrogen) atoms. The molecule has 0 aliphatic rings. The summed E-state index contributed by atoms with van der Waals surface area (Å²) in [5.41, 5.74) is 7.03. The molecule has 1 aromatic heterocycles. The molecule has 0 saturated carbocycles. The van der Waals surface area contributed by atoms with Gasteiger partial charge in [-0.25, -0.2) is 9.78 Å². The highest BCUT2D eigenvalue weighted by atomic mass is 35.5. The number of hydrogen-bond acceptors (Lipinski definition) is 4. The Morgan fingerprint density at radius 3 is 2.67 bits per heavy atom. The normalized spacial score (nSPS) is 12.0. The van der Waals surface area contributed by atoms with Gasteiger partial charge >= 0.3 is 5.97 Å². The SMILES string of the molecule is CC(c1ccccc1Cl)N(C)c1nccc(C(=O)O)c1N. The summed E-state index contributed by atoms with van der Waals surface area (Å²) >= 11 is 6.20. The van der Waals surface area contributed by atoms with Gasteiger partial charge in [0, 0.05) is 18.3 Å². The zero-order valence-corrected chi connectivity index (χ0v) is 12.5. The lowest BCUT2D eigenvalue weighted by Gasteiger charge is -2.28. The van der Waals surface area contributed by atoms with Crippen molar-refractivity contribution in [3.05, 3.63) is 52.7 Å². The van der Waals surface area contributed by atoms with Gasteiger partial charge in [0.2, 0.25) is 0 Å². The molecule has 2 rings (SSSR count). The van der Waals surface area contributed by atoms with Crippen molar-refractivity contribution in [2.24, 2.45) is 0 Å². The van der Waals surface area contributed by atoms with Gasteiger partial charge in [-0.05, 0) is 24.6 Å². The zero-order chi connectivity index (χ0) is 15.6. The first-order valence-electron chi connectivity index (χ1n) is 6.38. The van der Waals surface area contributed by atoms with Gasteiger partial charge in [-0.2, -0.15) is 0 Å². The average Bonchev–Trinajstić information content (AvgIpc) is 2.46. The highest BCUT2D eigenvalue weighted by molar-refractivity contribution is 6.31. The third-order valence-corrected chi connectivity index (χ3v) is 3.81. The molecule has 0 bridgehead atoms. The van der Waals surface area contributed by atoms with Crippen LogP contribution in [0.25, 0.3) is 0 Å². The van der Waals surface area contributed by atoms with Gasteiger partial charge in [0.05, 0.1) is 17.3 Å². The van der Waals surface area contributed by atoms with Crippen molar-refractivity contribution in [2.75, 3.05) is 17.7 Å². The van der Waals surface area contributed by atoms with Crippen LogP contribution in [0.2, 0.25) is 5.02 Å². The molecule has 1 heterocycles. The summed E-state index contributed by atoms with van der Waals surface area (Å²) in [4.78, 5) is 17.1. The summed E-state index contributed by atoms with van der Waals surface area (Å²) in [7, 11) is 1.80. The third-order valence-electron chi connectivity index (χ3n) is 3.47. The standard InChI is InChI=1S/C15H16ClN3O2/c1-9(10-5-3-4-6-12(10)16)19(2)14-13(17)11(15(20)21)7-8-18-14/h3-9H,17H2,1-2H3,(H,20,21). The molecule has 110 valence electrons. The van der Waals surface area contributed by atoms with Crippen LogP contribution in [0.1, 0.15) is 28.9 Å². The number of carboxylic acid groups (broad SMARTS) is 1. The van der Waals surface area contributed by atoms with Crippen LogP contribution in [0.15, 0.2) is 36.5 Å². The van der Waals surface area contributed by atoms with Gasteiger partial charge in [-0.3, -0.25) is 0 Å². The molecule has 3 N–H and O–H groups in total. The molecule has 1 atom stereocenters. The zero-order valence-electron chi connectivity index (χ0n) is 11.7. The van der Waals surface area contributed by atoms with Crippen LogP contribution in [0.3, 0.4) is 0 Å². The van der Waals surface area contributed by atoms with Gasteiger partial charge in [-0.15, -0.1) is 0 Å². The van der Waals surface area contributed by atoms with E-state index >= 15 is 0 Å². The lowest BCUT2D eigenvalue weighted by molar-refractivity contribution is 0.0698. The predicted molar refractivity (Wildman–Crippen MR) is 83.9 cm³/mol. The smallest absolute Gasteiger partial charge is 0.337 e. The lowest BCUT2D eigenvalue weighted by Crippen LogP contribution is -2.24. The third kappa shape index (κ3) is 2.92. The molecular weight excluding hydrogens is 290 g/mol. The molecule has 1 aromatic carbocycles. The lowest BCUT2D eigenvalue weighted by atomic mass is 10.1. The van der Waals surface area contributed by atoms with Crippen molar-refractivity contribution in [1.82, 2.24) is 4.98 Å². The van der Waals surface area contributed by atoms with E-state index in [4.69, 9.17) is 22.4 Å². The van der Waals surface area contributed by atoms with Crippen LogP contribution in [-0.4, -0.2) is 23.1 Å². The summed E-state index contributed by atoms with van der Waals surface area (Å²) in [6, 6.07) is 8.77. The number of aromatic carboxylic acids is 1. The minimum atomic E-state index is -1.07. The predicted octanol–water partition coefficient (Wildman–Crippen LogP) is 3.21. The fourth-order valence-corrected chi connectivity index (χ4v) is 2.43. The van der Waals surface area contributed by atoms with Gasteiger partial charge in [0.25, 0.3) is 0 Å². The number of nitrogen functional groups attached to an aromatic ring is 1. The molecule has 0 fully saturated rings. The molecule has 0 aliphatic carbocycles. The number of nitrogens with two attached hydrogens (primary N) is 1. The van der Waals surface area contributed by atoms with Gasteiger partial charge in [0.1, 0.15) is 0 Å². The molecule has 0 radical (unpaired) electrons. The molecule has 0 saturated heterocycles. The number of pyridine rings is 1. The highest BCUT2D eigenvalue weighted by Gasteiger charge is 2.20. The minimum Gasteiger partial charge on any atom is -0.478 e. The van der Waals surface area contributed by atoms with E-state index in [0.29, 0.717) is 10.8 Å². The fraction of sp³-hybridized carbons (Fsp3) is 0.200. The van der Waals surface area contributed by atoms with Crippen LogP contribution in [-0.2, 0) is 0 Å². The molecule has 0 spiro atoms. The van der Waals surface area contributed by atoms with Crippen LogP contribution in [0, 0.1) is 0 Å². The Hall–Kier alpha value is -2.27. The Balaban J connectivity index is 2.41. The van der Waals surface area contributed by atoms with Crippen LogP contribution >= 0.6 is 11.6 Å². The molecule has 2 aromatic rings. The van der Waals surface area contributed by atoms with Gasteiger partial charge in [-0.1, -0.05) is 29.8 Å². The van der Waals surface area contributed by atoms with Crippen molar-refractivity contribution in [3.8, 4) is 0 Å². The summed E-state index contributed by atoms with van der Waals surface area (Å²) in [5.74, 6) is -0.655. The maximum atomic E-state index is 11.1. The quantitative estimate of drug-likeness (QED) is 0.906. The Labute approximate surface area is 128 Å². The van der Waals surface area contributed by atoms with E-state index in [0.717, 1.165) is 5.56 Å². The van der Waals surface area contributed by atoms with E-state index in [1.807, 2.05) is 36.1 Å². The maximum absolute atomic E-state index is 11.1. The number of rotatable bonds is 4. The number of benzene rings is 1. The summed E-state index contributed by atoms with van der Waals surface area (Å²) in [6.07, 6.45) is 1.44. The maximum Gasteiger partial charge on any atom is 0.337 e. The fourth-order valence-electron chi connectivity index (χ4n) is 2.14. The molecule has 6 heteroatoms. The van der Waals surface area contributed by atoms with E-state index in [1.165, 1.54) is 12.3 Å². The van der Waals surface area contributed by atoms with Crippen molar-refractivity contribution >= 4 is 29.1 Å². The van der Waals surface area contributed by atoms with E-state index in [9.17, 15) is 4.79 Å². The van der Waals surface area contributed by atoms with E-state index in [2.05, 4.69) is 4.98 Å². The summed E-state index contributed by atoms with van der Waals surface area (Å²) in [5, 5.41) is 9.77. The van der Waals surface area contributed by atoms with Gasteiger partial charge in [0.15, 0.2) is 5.82 Å². The van der Waals surface area contributed by atoms with E-state index in [1.54, 1.807) is 7.05 Å². The van der Waals surface area contributed by atoms with Crippen molar-refractivity contribution in [1.29, 1.82) is 0 Å². The van der Waals surface area contributed by atoms with Crippen molar-refractivity contribution < 1.29 is 9.90 Å². The number of nitrogens with zero attached hydrogens (tertiary/aromatic N) is 2. The number of hydrogen-bond donors (Lipinski definition) is 2. The number of carboxylic acids is 1. The topological polar surface area (TPSA) is 79.5 Å². The molecule has 0 amide bonds. The first-order valence-corrected chi connectivity index (χ1v) is 6.76. The molecule has 1 unspecified atom stereocenters. The molecular formula is C15H16ClN3O2. The van der Waals surface area contributed by atoms with Gasteiger partial charge < -0.3 is 15.7 Å². The Bertz CT molecular complexity index is 676. The first-order chi connectivity index (χ1) is 9.93. The van der Waals surface area contributed by atoms with Crippen LogP contribution < -0.4 is 10.6 Å². The molecule has 5 nitrogen and oxygen atoms in total. The first kappa shape index (κ1) is 15.1. The summed E-state index contributed by atoms with van der Waals surface area (Å²) < 4.78 is 0. The average molecular weight is 306 g/mol.